The highest BCUT2D eigenvalue weighted by Gasteiger charge is 2.40. The van der Waals surface area contributed by atoms with E-state index in [1.807, 2.05) is 0 Å². The lowest BCUT2D eigenvalue weighted by molar-refractivity contribution is -0.171. The Hall–Kier alpha value is -0.790. The largest absolute Gasteiger partial charge is 0.472 e. The summed E-state index contributed by atoms with van der Waals surface area (Å²) in [5.41, 5.74) is 0. The standard InChI is InChI=1S/C5H8F3NO3S/c1-2-3-13(11,12)9-4(10)5(6,7)8/h2-3H2,1H3,(H,9,10). The zero-order chi connectivity index (χ0) is 10.7. The third-order valence-electron chi connectivity index (χ3n) is 0.979. The highest BCUT2D eigenvalue weighted by Crippen LogP contribution is 2.14. The lowest BCUT2D eigenvalue weighted by Crippen LogP contribution is -2.41. The molecule has 4 nitrogen and oxygen atoms in total. The predicted molar refractivity (Wildman–Crippen MR) is 38.3 cm³/mol. The molecule has 78 valence electrons. The highest BCUT2D eigenvalue weighted by molar-refractivity contribution is 7.90. The van der Waals surface area contributed by atoms with Crippen molar-refractivity contribution in [2.75, 3.05) is 5.75 Å². The summed E-state index contributed by atoms with van der Waals surface area (Å²) in [5.74, 6) is -2.96. The summed E-state index contributed by atoms with van der Waals surface area (Å²) >= 11 is 0. The normalized spacial score (nSPS) is 12.6. The van der Waals surface area contributed by atoms with Crippen LogP contribution in [0.25, 0.3) is 0 Å². The lowest BCUT2D eigenvalue weighted by Gasteiger charge is -2.07. The summed E-state index contributed by atoms with van der Waals surface area (Å²) in [4.78, 5) is 10.1. The summed E-state index contributed by atoms with van der Waals surface area (Å²) in [5, 5.41) is 0. The average Bonchev–Trinajstić information content (AvgIpc) is 1.83. The smallest absolute Gasteiger partial charge is 0.263 e. The molecule has 0 atom stereocenters. The molecular weight excluding hydrogens is 211 g/mol. The van der Waals surface area contributed by atoms with Gasteiger partial charge in [-0.3, -0.25) is 4.79 Å². The Kier molecular flexibility index (Phi) is 3.71. The maximum absolute atomic E-state index is 11.5. The molecule has 0 spiro atoms. The SMILES string of the molecule is CCCS(=O)(=O)NC(=O)C(F)(F)F. The van der Waals surface area contributed by atoms with E-state index in [1.165, 1.54) is 6.92 Å². The van der Waals surface area contributed by atoms with Crippen LogP contribution in [0.15, 0.2) is 0 Å². The summed E-state index contributed by atoms with van der Waals surface area (Å²) < 4.78 is 56.8. The molecule has 0 aromatic rings. The molecular formula is C5H8F3NO3S. The fraction of sp³-hybridized carbons (Fsp3) is 0.800. The fourth-order valence-corrected chi connectivity index (χ4v) is 1.56. The second-order valence-electron chi connectivity index (χ2n) is 2.25. The summed E-state index contributed by atoms with van der Waals surface area (Å²) in [7, 11) is -4.13. The van der Waals surface area contributed by atoms with Gasteiger partial charge in [-0.15, -0.1) is 0 Å². The van der Waals surface area contributed by atoms with Crippen molar-refractivity contribution in [2.24, 2.45) is 0 Å². The topological polar surface area (TPSA) is 63.2 Å². The number of carbonyl (C=O) groups is 1. The van der Waals surface area contributed by atoms with Crippen molar-refractivity contribution >= 4 is 15.9 Å². The lowest BCUT2D eigenvalue weighted by atomic mass is 10.6. The second-order valence-corrected chi connectivity index (χ2v) is 4.09. The maximum atomic E-state index is 11.5. The van der Waals surface area contributed by atoms with Crippen LogP contribution in [0.3, 0.4) is 0 Å². The van der Waals surface area contributed by atoms with Crippen LogP contribution in [0.1, 0.15) is 13.3 Å². The van der Waals surface area contributed by atoms with E-state index in [0.717, 1.165) is 4.72 Å². The molecule has 0 aliphatic heterocycles. The van der Waals surface area contributed by atoms with Crippen LogP contribution in [0, 0.1) is 0 Å². The average molecular weight is 219 g/mol. The van der Waals surface area contributed by atoms with Gasteiger partial charge in [-0.1, -0.05) is 6.92 Å². The quantitative estimate of drug-likeness (QED) is 0.747. The van der Waals surface area contributed by atoms with Gasteiger partial charge < -0.3 is 0 Å². The molecule has 0 heterocycles. The van der Waals surface area contributed by atoms with Crippen molar-refractivity contribution in [3.05, 3.63) is 0 Å². The van der Waals surface area contributed by atoms with E-state index in [0.29, 0.717) is 0 Å². The number of sulfonamides is 1. The Morgan fingerprint density at radius 3 is 2.15 bits per heavy atom. The van der Waals surface area contributed by atoms with Crippen molar-refractivity contribution in [1.82, 2.24) is 4.72 Å². The van der Waals surface area contributed by atoms with Gasteiger partial charge in [-0.2, -0.15) is 13.2 Å². The molecule has 0 aliphatic carbocycles. The van der Waals surface area contributed by atoms with Gasteiger partial charge in [0.05, 0.1) is 5.75 Å². The molecule has 1 amide bonds. The van der Waals surface area contributed by atoms with Crippen LogP contribution in [-0.2, 0) is 14.8 Å². The summed E-state index contributed by atoms with van der Waals surface area (Å²) in [6.45, 7) is 1.47. The van der Waals surface area contributed by atoms with E-state index < -0.39 is 27.9 Å². The van der Waals surface area contributed by atoms with Gasteiger partial charge >= 0.3 is 12.1 Å². The van der Waals surface area contributed by atoms with Crippen LogP contribution in [0.2, 0.25) is 0 Å². The third-order valence-corrected chi connectivity index (χ3v) is 2.42. The van der Waals surface area contributed by atoms with Gasteiger partial charge in [0.2, 0.25) is 10.0 Å². The molecule has 0 saturated carbocycles. The molecule has 13 heavy (non-hydrogen) atoms. The Morgan fingerprint density at radius 2 is 1.85 bits per heavy atom. The monoisotopic (exact) mass is 219 g/mol. The summed E-state index contributed by atoms with van der Waals surface area (Å²) in [6, 6.07) is 0. The number of halogens is 3. The molecule has 0 rings (SSSR count). The van der Waals surface area contributed by atoms with E-state index in [1.54, 1.807) is 0 Å². The number of alkyl halides is 3. The van der Waals surface area contributed by atoms with Crippen molar-refractivity contribution in [3.8, 4) is 0 Å². The van der Waals surface area contributed by atoms with Crippen LogP contribution < -0.4 is 4.72 Å². The zero-order valence-corrected chi connectivity index (χ0v) is 7.50. The fourth-order valence-electron chi connectivity index (χ4n) is 0.519. The summed E-state index contributed by atoms with van der Waals surface area (Å²) in [6.07, 6.45) is -5.03. The first-order chi connectivity index (χ1) is 5.69. The van der Waals surface area contributed by atoms with Gasteiger partial charge in [0.15, 0.2) is 0 Å². The van der Waals surface area contributed by atoms with Crippen molar-refractivity contribution in [2.45, 2.75) is 19.5 Å². The Morgan fingerprint density at radius 1 is 1.38 bits per heavy atom. The van der Waals surface area contributed by atoms with E-state index in [9.17, 15) is 26.4 Å². The molecule has 0 fully saturated rings. The number of carbonyl (C=O) groups excluding carboxylic acids is 1. The Bertz CT molecular complexity index is 282. The van der Waals surface area contributed by atoms with E-state index >= 15 is 0 Å². The highest BCUT2D eigenvalue weighted by atomic mass is 32.2. The van der Waals surface area contributed by atoms with E-state index in [4.69, 9.17) is 0 Å². The first kappa shape index (κ1) is 12.2. The number of amides is 1. The van der Waals surface area contributed by atoms with Crippen LogP contribution in [-0.4, -0.2) is 26.3 Å². The van der Waals surface area contributed by atoms with Gasteiger partial charge in [0, 0.05) is 0 Å². The Labute approximate surface area is 73.2 Å². The first-order valence-electron chi connectivity index (χ1n) is 3.30. The van der Waals surface area contributed by atoms with E-state index in [-0.39, 0.29) is 6.42 Å². The molecule has 0 aromatic carbocycles. The number of hydrogen-bond acceptors (Lipinski definition) is 3. The molecule has 0 unspecified atom stereocenters. The van der Waals surface area contributed by atoms with E-state index in [2.05, 4.69) is 0 Å². The minimum atomic E-state index is -5.17. The molecule has 1 N–H and O–H groups in total. The minimum Gasteiger partial charge on any atom is -0.263 e. The predicted octanol–water partition coefficient (Wildman–Crippen LogP) is 0.405. The molecule has 0 aromatic heterocycles. The molecule has 8 heteroatoms. The Balaban J connectivity index is 4.39. The van der Waals surface area contributed by atoms with Crippen molar-refractivity contribution in [3.63, 3.8) is 0 Å². The molecule has 0 bridgehead atoms. The molecule has 0 aliphatic rings. The van der Waals surface area contributed by atoms with Crippen LogP contribution in [0.4, 0.5) is 13.2 Å². The van der Waals surface area contributed by atoms with Crippen molar-refractivity contribution in [1.29, 1.82) is 0 Å². The maximum Gasteiger partial charge on any atom is 0.472 e. The van der Waals surface area contributed by atoms with Crippen molar-refractivity contribution < 1.29 is 26.4 Å². The minimum absolute atomic E-state index is 0.139. The molecule has 0 saturated heterocycles. The van der Waals surface area contributed by atoms with Crippen LogP contribution in [0.5, 0.6) is 0 Å². The van der Waals surface area contributed by atoms with Gasteiger partial charge in [0.1, 0.15) is 0 Å². The third kappa shape index (κ3) is 4.71. The van der Waals surface area contributed by atoms with Gasteiger partial charge in [-0.25, -0.2) is 13.1 Å². The molecule has 0 radical (unpaired) electrons. The van der Waals surface area contributed by atoms with Gasteiger partial charge in [-0.05, 0) is 6.42 Å². The number of hydrogen-bond donors (Lipinski definition) is 1. The zero-order valence-electron chi connectivity index (χ0n) is 6.68. The first-order valence-corrected chi connectivity index (χ1v) is 4.96. The van der Waals surface area contributed by atoms with Crippen LogP contribution >= 0.6 is 0 Å². The van der Waals surface area contributed by atoms with Gasteiger partial charge in [0.25, 0.3) is 0 Å². The number of nitrogens with one attached hydrogen (secondary N) is 1. The number of rotatable bonds is 3. The second kappa shape index (κ2) is 3.95.